The van der Waals surface area contributed by atoms with Crippen LogP contribution >= 0.6 is 11.3 Å². The lowest BCUT2D eigenvalue weighted by molar-refractivity contribution is 0.111. The van der Waals surface area contributed by atoms with Crippen molar-refractivity contribution in [2.45, 2.75) is 20.0 Å². The van der Waals surface area contributed by atoms with E-state index in [0.717, 1.165) is 17.4 Å². The highest BCUT2D eigenvalue weighted by molar-refractivity contribution is 7.08. The molecular weight excluding hydrogens is 232 g/mol. The van der Waals surface area contributed by atoms with Crippen LogP contribution in [0, 0.1) is 0 Å². The summed E-state index contributed by atoms with van der Waals surface area (Å²) >= 11 is 1.62. The summed E-state index contributed by atoms with van der Waals surface area (Å²) in [6.07, 6.45) is 0.927. The zero-order valence-corrected chi connectivity index (χ0v) is 10.7. The molecule has 2 aromatic rings. The zero-order chi connectivity index (χ0) is 12.3. The second-order valence-electron chi connectivity index (χ2n) is 4.01. The minimum Gasteiger partial charge on any atom is -0.490 e. The van der Waals surface area contributed by atoms with Gasteiger partial charge in [-0.05, 0) is 47.9 Å². The van der Waals surface area contributed by atoms with Crippen molar-refractivity contribution >= 4 is 17.6 Å². The maximum absolute atomic E-state index is 11.2. The van der Waals surface area contributed by atoms with Gasteiger partial charge >= 0.3 is 0 Å². The average Bonchev–Trinajstić information content (AvgIpc) is 2.81. The lowest BCUT2D eigenvalue weighted by atomic mass is 10.0. The molecule has 0 atom stereocenters. The Morgan fingerprint density at radius 2 is 2.12 bits per heavy atom. The number of ether oxygens (including phenoxy) is 1. The molecule has 0 fully saturated rings. The van der Waals surface area contributed by atoms with Crippen molar-refractivity contribution < 1.29 is 9.53 Å². The third-order valence-corrected chi connectivity index (χ3v) is 3.06. The molecule has 2 nitrogen and oxygen atoms in total. The molecule has 0 aliphatic heterocycles. The minimum absolute atomic E-state index is 0.0615. The predicted molar refractivity (Wildman–Crippen MR) is 70.9 cm³/mol. The average molecular weight is 246 g/mol. The van der Waals surface area contributed by atoms with Crippen molar-refractivity contribution in [1.29, 1.82) is 0 Å². The molecule has 0 aliphatic carbocycles. The molecule has 0 bridgehead atoms. The van der Waals surface area contributed by atoms with E-state index >= 15 is 0 Å². The summed E-state index contributed by atoms with van der Waals surface area (Å²) in [7, 11) is 0. The molecule has 0 radical (unpaired) electrons. The number of thiophene rings is 1. The number of carbonyl (C=O) groups is 1. The first-order valence-electron chi connectivity index (χ1n) is 5.50. The largest absolute Gasteiger partial charge is 0.490 e. The Morgan fingerprint density at radius 3 is 2.71 bits per heavy atom. The first-order chi connectivity index (χ1) is 8.22. The van der Waals surface area contributed by atoms with Gasteiger partial charge in [0.25, 0.3) is 0 Å². The van der Waals surface area contributed by atoms with E-state index in [4.69, 9.17) is 4.74 Å². The molecule has 1 aromatic carbocycles. The van der Waals surface area contributed by atoms with Gasteiger partial charge in [0.15, 0.2) is 6.29 Å². The molecule has 1 aromatic heterocycles. The summed E-state index contributed by atoms with van der Waals surface area (Å²) in [5.74, 6) is 0.652. The second-order valence-corrected chi connectivity index (χ2v) is 4.79. The third kappa shape index (κ3) is 2.56. The van der Waals surface area contributed by atoms with Crippen LogP contribution in [0.1, 0.15) is 24.2 Å². The van der Waals surface area contributed by atoms with E-state index in [1.54, 1.807) is 11.3 Å². The Hall–Kier alpha value is -1.61. The fraction of sp³-hybridized carbons (Fsp3) is 0.214. The van der Waals surface area contributed by atoms with Gasteiger partial charge in [-0.3, -0.25) is 4.79 Å². The summed E-state index contributed by atoms with van der Waals surface area (Å²) in [5, 5.41) is 4.03. The van der Waals surface area contributed by atoms with Gasteiger partial charge in [-0.2, -0.15) is 11.3 Å². The lowest BCUT2D eigenvalue weighted by Crippen LogP contribution is -2.07. The number of aldehydes is 1. The SMILES string of the molecule is CC(C)Oc1cccc(-c2ccsc2)c1C=O. The number of hydrogen-bond acceptors (Lipinski definition) is 3. The van der Waals surface area contributed by atoms with Gasteiger partial charge < -0.3 is 4.74 Å². The first kappa shape index (κ1) is 11.9. The second kappa shape index (κ2) is 5.15. The quantitative estimate of drug-likeness (QED) is 0.762. The summed E-state index contributed by atoms with van der Waals surface area (Å²) in [4.78, 5) is 11.2. The van der Waals surface area contributed by atoms with Crippen LogP contribution in [-0.4, -0.2) is 12.4 Å². The molecule has 1 heterocycles. The van der Waals surface area contributed by atoms with Crippen LogP contribution in [0.4, 0.5) is 0 Å². The summed E-state index contributed by atoms with van der Waals surface area (Å²) in [6, 6.07) is 7.70. The van der Waals surface area contributed by atoms with Crippen molar-refractivity contribution in [2.24, 2.45) is 0 Å². The Bertz CT molecular complexity index is 501. The van der Waals surface area contributed by atoms with E-state index in [0.29, 0.717) is 11.3 Å². The Morgan fingerprint density at radius 1 is 1.29 bits per heavy atom. The fourth-order valence-electron chi connectivity index (χ4n) is 1.69. The molecule has 0 unspecified atom stereocenters. The van der Waals surface area contributed by atoms with E-state index in [2.05, 4.69) is 0 Å². The van der Waals surface area contributed by atoms with Gasteiger partial charge in [0.1, 0.15) is 5.75 Å². The van der Waals surface area contributed by atoms with Gasteiger partial charge in [0.05, 0.1) is 11.7 Å². The Labute approximate surface area is 105 Å². The maximum Gasteiger partial charge on any atom is 0.154 e. The van der Waals surface area contributed by atoms with Crippen molar-refractivity contribution in [2.75, 3.05) is 0 Å². The molecule has 17 heavy (non-hydrogen) atoms. The minimum atomic E-state index is 0.0615. The highest BCUT2D eigenvalue weighted by atomic mass is 32.1. The number of hydrogen-bond donors (Lipinski definition) is 0. The van der Waals surface area contributed by atoms with Gasteiger partial charge in [-0.15, -0.1) is 0 Å². The third-order valence-electron chi connectivity index (χ3n) is 2.38. The molecule has 0 saturated heterocycles. The number of benzene rings is 1. The monoisotopic (exact) mass is 246 g/mol. The van der Waals surface area contributed by atoms with Gasteiger partial charge in [0, 0.05) is 0 Å². The Kier molecular flexibility index (Phi) is 3.59. The summed E-state index contributed by atoms with van der Waals surface area (Å²) < 4.78 is 5.65. The van der Waals surface area contributed by atoms with E-state index in [1.807, 2.05) is 48.9 Å². The topological polar surface area (TPSA) is 26.3 Å². The van der Waals surface area contributed by atoms with E-state index in [-0.39, 0.29) is 6.10 Å². The van der Waals surface area contributed by atoms with Crippen LogP contribution in [-0.2, 0) is 0 Å². The number of rotatable bonds is 4. The van der Waals surface area contributed by atoms with Crippen LogP contribution in [0.25, 0.3) is 11.1 Å². The van der Waals surface area contributed by atoms with Crippen molar-refractivity contribution in [1.82, 2.24) is 0 Å². The summed E-state index contributed by atoms with van der Waals surface area (Å²) in [5.41, 5.74) is 2.62. The van der Waals surface area contributed by atoms with Gasteiger partial charge in [-0.25, -0.2) is 0 Å². The van der Waals surface area contributed by atoms with Crippen LogP contribution in [0.2, 0.25) is 0 Å². The molecule has 2 rings (SSSR count). The molecule has 0 N–H and O–H groups in total. The van der Waals surface area contributed by atoms with Crippen LogP contribution in [0.3, 0.4) is 0 Å². The van der Waals surface area contributed by atoms with Crippen molar-refractivity contribution in [3.63, 3.8) is 0 Å². The molecular formula is C14H14O2S. The molecule has 0 saturated carbocycles. The lowest BCUT2D eigenvalue weighted by Gasteiger charge is -2.13. The van der Waals surface area contributed by atoms with E-state index in [9.17, 15) is 4.79 Å². The molecule has 3 heteroatoms. The highest BCUT2D eigenvalue weighted by Crippen LogP contribution is 2.31. The van der Waals surface area contributed by atoms with Gasteiger partial charge in [0.2, 0.25) is 0 Å². The van der Waals surface area contributed by atoms with Gasteiger partial charge in [-0.1, -0.05) is 12.1 Å². The summed E-state index contributed by atoms with van der Waals surface area (Å²) in [6.45, 7) is 3.90. The highest BCUT2D eigenvalue weighted by Gasteiger charge is 2.11. The van der Waals surface area contributed by atoms with Crippen LogP contribution in [0.15, 0.2) is 35.0 Å². The standard InChI is InChI=1S/C14H14O2S/c1-10(2)16-14-5-3-4-12(13(14)8-15)11-6-7-17-9-11/h3-10H,1-2H3. The molecule has 0 aliphatic rings. The first-order valence-corrected chi connectivity index (χ1v) is 6.44. The molecule has 88 valence electrons. The Balaban J connectivity index is 2.50. The zero-order valence-electron chi connectivity index (χ0n) is 9.84. The smallest absolute Gasteiger partial charge is 0.154 e. The van der Waals surface area contributed by atoms with E-state index in [1.165, 1.54) is 0 Å². The predicted octanol–water partition coefficient (Wildman–Crippen LogP) is 4.01. The van der Waals surface area contributed by atoms with Crippen LogP contribution < -0.4 is 4.74 Å². The van der Waals surface area contributed by atoms with Crippen molar-refractivity contribution in [3.8, 4) is 16.9 Å². The number of carbonyl (C=O) groups excluding carboxylic acids is 1. The maximum atomic E-state index is 11.2. The van der Waals surface area contributed by atoms with Crippen LogP contribution in [0.5, 0.6) is 5.75 Å². The van der Waals surface area contributed by atoms with Crippen molar-refractivity contribution in [3.05, 3.63) is 40.6 Å². The van der Waals surface area contributed by atoms with E-state index < -0.39 is 0 Å². The molecule has 0 amide bonds. The molecule has 0 spiro atoms. The normalized spacial score (nSPS) is 10.5. The fourth-order valence-corrected chi connectivity index (χ4v) is 2.35.